The Bertz CT molecular complexity index is 1290. The van der Waals surface area contributed by atoms with Crippen LogP contribution in [0.4, 0.5) is 5.69 Å². The molecule has 3 rings (SSSR count). The molecular weight excluding hydrogens is 386 g/mol. The Labute approximate surface area is 150 Å². The maximum Gasteiger partial charge on any atom is 0.343 e. The van der Waals surface area contributed by atoms with Crippen LogP contribution < -0.4 is 17.0 Å². The van der Waals surface area contributed by atoms with Gasteiger partial charge in [-0.3, -0.25) is 4.79 Å². The van der Waals surface area contributed by atoms with Gasteiger partial charge in [0.15, 0.2) is 0 Å². The molecule has 2 aromatic carbocycles. The van der Waals surface area contributed by atoms with Crippen molar-refractivity contribution in [2.24, 2.45) is 0 Å². The normalized spacial score (nSPS) is 11.6. The van der Waals surface area contributed by atoms with Gasteiger partial charge in [-0.2, -0.15) is 0 Å². The van der Waals surface area contributed by atoms with Crippen molar-refractivity contribution in [3.63, 3.8) is 0 Å². The van der Waals surface area contributed by atoms with E-state index in [1.54, 1.807) is 0 Å². The third-order valence-electron chi connectivity index (χ3n) is 3.61. The number of anilines is 1. The van der Waals surface area contributed by atoms with Crippen LogP contribution in [-0.4, -0.2) is 28.5 Å². The minimum Gasteiger partial charge on any atom is -0.478 e. The summed E-state index contributed by atoms with van der Waals surface area (Å²) in [5, 5.41) is 9.04. The number of aromatic nitrogens is 2. The fourth-order valence-electron chi connectivity index (χ4n) is 2.39. The molecule has 4 N–H and O–H groups in total. The number of aromatic carboxylic acids is 1. The molecule has 0 unspecified atom stereocenters. The molecule has 26 heavy (non-hydrogen) atoms. The maximum absolute atomic E-state index is 12.7. The van der Waals surface area contributed by atoms with Gasteiger partial charge in [0.1, 0.15) is 0 Å². The molecule has 0 aliphatic heterocycles. The molecule has 11 heteroatoms. The molecule has 0 radical (unpaired) electrons. The molecule has 9 nitrogen and oxygen atoms in total. The quantitative estimate of drug-likeness (QED) is 0.556. The number of hydrogen-bond donors (Lipinski definition) is 3. The number of carbonyl (C=O) groups is 1. The molecule has 0 spiro atoms. The lowest BCUT2D eigenvalue weighted by molar-refractivity contribution is 0.0698. The zero-order chi connectivity index (χ0) is 19.2. The first-order chi connectivity index (χ1) is 12.1. The van der Waals surface area contributed by atoms with Crippen LogP contribution in [0, 0.1) is 0 Å². The van der Waals surface area contributed by atoms with Crippen LogP contribution in [0.3, 0.4) is 0 Å². The van der Waals surface area contributed by atoms with Gasteiger partial charge in [0.05, 0.1) is 21.4 Å². The van der Waals surface area contributed by atoms with Gasteiger partial charge in [-0.25, -0.2) is 18.0 Å². The molecule has 0 saturated carbocycles. The van der Waals surface area contributed by atoms with Crippen molar-refractivity contribution in [2.75, 3.05) is 5.73 Å². The number of nitrogens with two attached hydrogens (primary N) is 1. The number of nitrogens with one attached hydrogen (secondary N) is 1. The van der Waals surface area contributed by atoms with Gasteiger partial charge in [0.2, 0.25) is 0 Å². The fraction of sp³-hybridized carbons (Fsp3) is 0. The number of halogens is 1. The van der Waals surface area contributed by atoms with Gasteiger partial charge in [0.25, 0.3) is 15.6 Å². The van der Waals surface area contributed by atoms with Gasteiger partial charge in [-0.15, -0.1) is 3.97 Å². The minimum absolute atomic E-state index is 0.0425. The number of aromatic amines is 1. The summed E-state index contributed by atoms with van der Waals surface area (Å²) in [6.45, 7) is 0. The van der Waals surface area contributed by atoms with Gasteiger partial charge in [-0.1, -0.05) is 11.6 Å². The van der Waals surface area contributed by atoms with E-state index in [1.165, 1.54) is 18.2 Å². The second-order valence-corrected chi connectivity index (χ2v) is 7.47. The van der Waals surface area contributed by atoms with E-state index in [9.17, 15) is 22.8 Å². The first-order valence-electron chi connectivity index (χ1n) is 6.96. The molecule has 134 valence electrons. The van der Waals surface area contributed by atoms with Gasteiger partial charge in [0, 0.05) is 10.7 Å². The standard InChI is InChI=1S/C15H10ClN3O6S/c16-7-1-4-12-10(5-7)13(20)19(15(23)18-12)26(24,25)8-2-3-9(14(21)22)11(17)6-8/h1-6H,17H2,(H,18,23)(H,21,22). The second kappa shape index (κ2) is 6.00. The number of carboxylic acids is 1. The van der Waals surface area contributed by atoms with Crippen molar-refractivity contribution in [3.8, 4) is 0 Å². The Hall–Kier alpha value is -3.11. The third-order valence-corrected chi connectivity index (χ3v) is 5.51. The van der Waals surface area contributed by atoms with E-state index in [4.69, 9.17) is 22.4 Å². The highest BCUT2D eigenvalue weighted by Gasteiger charge is 2.24. The highest BCUT2D eigenvalue weighted by atomic mass is 35.5. The molecule has 1 aromatic heterocycles. The highest BCUT2D eigenvalue weighted by molar-refractivity contribution is 7.90. The summed E-state index contributed by atoms with van der Waals surface area (Å²) < 4.78 is 25.5. The number of fused-ring (bicyclic) bond motifs is 1. The number of hydrogen-bond acceptors (Lipinski definition) is 6. The van der Waals surface area contributed by atoms with Crippen molar-refractivity contribution in [3.05, 3.63) is 67.8 Å². The lowest BCUT2D eigenvalue weighted by atomic mass is 10.2. The number of nitrogen functional groups attached to an aromatic ring is 1. The lowest BCUT2D eigenvalue weighted by Crippen LogP contribution is -2.40. The summed E-state index contributed by atoms with van der Waals surface area (Å²) in [6.07, 6.45) is 0. The zero-order valence-electron chi connectivity index (χ0n) is 12.8. The SMILES string of the molecule is Nc1cc(S(=O)(=O)n2c(=O)[nH]c3ccc(Cl)cc3c2=O)ccc1C(=O)O. The van der Waals surface area contributed by atoms with Crippen LogP contribution in [0.5, 0.6) is 0 Å². The van der Waals surface area contributed by atoms with Crippen LogP contribution in [0.15, 0.2) is 50.9 Å². The summed E-state index contributed by atoms with van der Waals surface area (Å²) in [7, 11) is -4.63. The van der Waals surface area contributed by atoms with Crippen molar-refractivity contribution < 1.29 is 18.3 Å². The highest BCUT2D eigenvalue weighted by Crippen LogP contribution is 2.20. The molecule has 0 amide bonds. The predicted octanol–water partition coefficient (Wildman–Crippen LogP) is 0.861. The fourth-order valence-corrected chi connectivity index (χ4v) is 3.87. The number of H-pyrrole nitrogens is 1. The summed E-state index contributed by atoms with van der Waals surface area (Å²) >= 11 is 5.82. The molecule has 0 fully saturated rings. The van der Waals surface area contributed by atoms with Gasteiger partial charge in [-0.05, 0) is 36.4 Å². The molecule has 0 aliphatic carbocycles. The van der Waals surface area contributed by atoms with Crippen molar-refractivity contribution in [2.45, 2.75) is 4.90 Å². The minimum atomic E-state index is -4.63. The summed E-state index contributed by atoms with van der Waals surface area (Å²) in [5.41, 5.74) is 2.77. The average Bonchev–Trinajstić information content (AvgIpc) is 2.55. The number of rotatable bonds is 3. The average molecular weight is 396 g/mol. The van der Waals surface area contributed by atoms with Crippen molar-refractivity contribution in [1.29, 1.82) is 0 Å². The van der Waals surface area contributed by atoms with E-state index in [0.717, 1.165) is 18.2 Å². The zero-order valence-corrected chi connectivity index (χ0v) is 14.3. The van der Waals surface area contributed by atoms with Gasteiger partial charge >= 0.3 is 11.7 Å². The molecule has 1 heterocycles. The Morgan fingerprint density at radius 2 is 1.85 bits per heavy atom. The van der Waals surface area contributed by atoms with Gasteiger partial charge < -0.3 is 15.8 Å². The van der Waals surface area contributed by atoms with E-state index < -0.39 is 32.1 Å². The smallest absolute Gasteiger partial charge is 0.343 e. The number of nitrogens with zero attached hydrogens (tertiary/aromatic N) is 1. The molecule has 0 bridgehead atoms. The van der Waals surface area contributed by atoms with Crippen LogP contribution in [-0.2, 0) is 10.0 Å². The predicted molar refractivity (Wildman–Crippen MR) is 94.2 cm³/mol. The van der Waals surface area contributed by atoms with E-state index >= 15 is 0 Å². The Morgan fingerprint density at radius 3 is 2.46 bits per heavy atom. The maximum atomic E-state index is 12.7. The molecule has 0 aliphatic rings. The van der Waals surface area contributed by atoms with E-state index in [2.05, 4.69) is 4.98 Å². The van der Waals surface area contributed by atoms with E-state index in [-0.39, 0.29) is 31.1 Å². The van der Waals surface area contributed by atoms with Crippen LogP contribution in [0.2, 0.25) is 5.02 Å². The summed E-state index contributed by atoms with van der Waals surface area (Å²) in [4.78, 5) is 37.5. The van der Waals surface area contributed by atoms with E-state index in [1.807, 2.05) is 0 Å². The first-order valence-corrected chi connectivity index (χ1v) is 8.77. The first kappa shape index (κ1) is 17.7. The Kier molecular flexibility index (Phi) is 4.09. The Balaban J connectivity index is 2.32. The van der Waals surface area contributed by atoms with Crippen molar-refractivity contribution in [1.82, 2.24) is 8.96 Å². The topological polar surface area (TPSA) is 152 Å². The molecule has 3 aromatic rings. The number of benzene rings is 2. The molecular formula is C15H10ClN3O6S. The largest absolute Gasteiger partial charge is 0.478 e. The molecule has 0 saturated heterocycles. The Morgan fingerprint density at radius 1 is 1.15 bits per heavy atom. The third kappa shape index (κ3) is 2.74. The monoisotopic (exact) mass is 395 g/mol. The van der Waals surface area contributed by atoms with Crippen LogP contribution >= 0.6 is 11.6 Å². The number of carboxylic acid groups (broad SMARTS) is 1. The lowest BCUT2D eigenvalue weighted by Gasteiger charge is -2.09. The van der Waals surface area contributed by atoms with E-state index in [0.29, 0.717) is 0 Å². The van der Waals surface area contributed by atoms with Crippen molar-refractivity contribution >= 4 is 44.2 Å². The summed E-state index contributed by atoms with van der Waals surface area (Å²) in [6, 6.07) is 6.82. The molecule has 0 atom stereocenters. The van der Waals surface area contributed by atoms with Crippen LogP contribution in [0.1, 0.15) is 10.4 Å². The second-order valence-electron chi connectivity index (χ2n) is 5.25. The summed E-state index contributed by atoms with van der Waals surface area (Å²) in [5.74, 6) is -1.35. The van der Waals surface area contributed by atoms with Crippen LogP contribution in [0.25, 0.3) is 10.9 Å².